The molecule has 2 rings (SSSR count). The maximum absolute atomic E-state index is 12.2. The molecule has 8 nitrogen and oxygen atoms in total. The Labute approximate surface area is 138 Å². The summed E-state index contributed by atoms with van der Waals surface area (Å²) in [4.78, 5) is 13.9. The summed E-state index contributed by atoms with van der Waals surface area (Å²) in [5, 5.41) is 2.94. The van der Waals surface area contributed by atoms with Crippen LogP contribution in [0.2, 0.25) is 0 Å². The van der Waals surface area contributed by atoms with Crippen LogP contribution in [0, 0.1) is 5.41 Å². The number of piperazine rings is 1. The SMILES string of the molecule is CC(C)NS(=O)(=O)N1CCN(C(=O)NCC2(C)CCOC2)CC1. The van der Waals surface area contributed by atoms with E-state index >= 15 is 0 Å². The second-order valence-electron chi connectivity index (χ2n) is 6.94. The van der Waals surface area contributed by atoms with Crippen molar-refractivity contribution in [2.75, 3.05) is 45.9 Å². The van der Waals surface area contributed by atoms with Crippen molar-refractivity contribution in [2.24, 2.45) is 5.41 Å². The van der Waals surface area contributed by atoms with Gasteiger partial charge < -0.3 is 15.0 Å². The Balaban J connectivity index is 1.78. The first-order valence-electron chi connectivity index (χ1n) is 8.10. The number of hydrogen-bond donors (Lipinski definition) is 2. The molecule has 2 aliphatic heterocycles. The maximum Gasteiger partial charge on any atom is 0.317 e. The lowest BCUT2D eigenvalue weighted by atomic mass is 9.90. The second kappa shape index (κ2) is 7.33. The van der Waals surface area contributed by atoms with Gasteiger partial charge in [0.25, 0.3) is 10.2 Å². The molecule has 0 saturated carbocycles. The molecule has 0 aromatic rings. The standard InChI is InChI=1S/C14H28N4O4S/c1-12(2)16-23(20,21)18-7-5-17(6-8-18)13(19)15-10-14(3)4-9-22-11-14/h12,16H,4-11H2,1-3H3,(H,15,19). The van der Waals surface area contributed by atoms with Crippen molar-refractivity contribution in [3.63, 3.8) is 0 Å². The number of amides is 2. The zero-order valence-corrected chi connectivity index (χ0v) is 15.0. The Kier molecular flexibility index (Phi) is 5.88. The molecule has 23 heavy (non-hydrogen) atoms. The zero-order chi connectivity index (χ0) is 17.1. The highest BCUT2D eigenvalue weighted by atomic mass is 32.2. The molecule has 2 heterocycles. The Morgan fingerprint density at radius 3 is 2.43 bits per heavy atom. The molecule has 2 N–H and O–H groups in total. The van der Waals surface area contributed by atoms with Gasteiger partial charge in [-0.2, -0.15) is 17.4 Å². The Morgan fingerprint density at radius 2 is 1.91 bits per heavy atom. The molecule has 2 fully saturated rings. The normalized spacial score (nSPS) is 26.7. The van der Waals surface area contributed by atoms with E-state index in [0.29, 0.717) is 39.3 Å². The maximum atomic E-state index is 12.2. The molecule has 0 radical (unpaired) electrons. The summed E-state index contributed by atoms with van der Waals surface area (Å²) in [5.74, 6) is 0. The average Bonchev–Trinajstić information content (AvgIpc) is 2.91. The minimum absolute atomic E-state index is 0.00199. The van der Waals surface area contributed by atoms with E-state index in [1.165, 1.54) is 4.31 Å². The number of carbonyl (C=O) groups is 1. The lowest BCUT2D eigenvalue weighted by Gasteiger charge is -2.35. The molecule has 2 aliphatic rings. The first-order chi connectivity index (χ1) is 10.7. The zero-order valence-electron chi connectivity index (χ0n) is 14.2. The number of carbonyl (C=O) groups excluding carboxylic acids is 1. The largest absolute Gasteiger partial charge is 0.381 e. The quantitative estimate of drug-likeness (QED) is 0.731. The molecule has 9 heteroatoms. The van der Waals surface area contributed by atoms with Crippen LogP contribution in [0.4, 0.5) is 4.79 Å². The van der Waals surface area contributed by atoms with E-state index in [1.807, 2.05) is 0 Å². The molecule has 1 unspecified atom stereocenters. The van der Waals surface area contributed by atoms with Gasteiger partial charge in [-0.15, -0.1) is 0 Å². The predicted octanol–water partition coefficient (Wildman–Crippen LogP) is -0.0170. The van der Waals surface area contributed by atoms with Crippen molar-refractivity contribution in [3.8, 4) is 0 Å². The van der Waals surface area contributed by atoms with Crippen molar-refractivity contribution in [1.82, 2.24) is 19.2 Å². The topological polar surface area (TPSA) is 91.0 Å². The number of hydrogen-bond acceptors (Lipinski definition) is 4. The summed E-state index contributed by atoms with van der Waals surface area (Å²) in [6.07, 6.45) is 0.945. The Morgan fingerprint density at radius 1 is 1.26 bits per heavy atom. The number of nitrogens with one attached hydrogen (secondary N) is 2. The lowest BCUT2D eigenvalue weighted by Crippen LogP contribution is -2.56. The molecule has 2 saturated heterocycles. The average molecular weight is 348 g/mol. The molecule has 0 aliphatic carbocycles. The van der Waals surface area contributed by atoms with Crippen molar-refractivity contribution in [3.05, 3.63) is 0 Å². The first kappa shape index (κ1) is 18.4. The summed E-state index contributed by atoms with van der Waals surface area (Å²) in [5.41, 5.74) is 0.00199. The highest BCUT2D eigenvalue weighted by molar-refractivity contribution is 7.87. The fourth-order valence-corrected chi connectivity index (χ4v) is 4.14. The third kappa shape index (κ3) is 5.03. The molecule has 2 amide bonds. The van der Waals surface area contributed by atoms with Crippen LogP contribution in [0.1, 0.15) is 27.2 Å². The molecule has 134 valence electrons. The van der Waals surface area contributed by atoms with E-state index in [1.54, 1.807) is 18.7 Å². The number of urea groups is 1. The van der Waals surface area contributed by atoms with Gasteiger partial charge >= 0.3 is 6.03 Å². The van der Waals surface area contributed by atoms with E-state index in [2.05, 4.69) is 17.0 Å². The molecule has 0 aromatic carbocycles. The van der Waals surface area contributed by atoms with Crippen molar-refractivity contribution in [2.45, 2.75) is 33.2 Å². The van der Waals surface area contributed by atoms with E-state index in [0.717, 1.165) is 13.0 Å². The van der Waals surface area contributed by atoms with Gasteiger partial charge in [-0.25, -0.2) is 4.79 Å². The van der Waals surface area contributed by atoms with Gasteiger partial charge in [0.1, 0.15) is 0 Å². The minimum Gasteiger partial charge on any atom is -0.381 e. The van der Waals surface area contributed by atoms with Crippen LogP contribution >= 0.6 is 0 Å². The van der Waals surface area contributed by atoms with Crippen LogP contribution < -0.4 is 10.0 Å². The summed E-state index contributed by atoms with van der Waals surface area (Å²) >= 11 is 0. The number of ether oxygens (including phenoxy) is 1. The predicted molar refractivity (Wildman–Crippen MR) is 87.3 cm³/mol. The van der Waals surface area contributed by atoms with Crippen LogP contribution in [-0.4, -0.2) is 75.6 Å². The van der Waals surface area contributed by atoms with Gasteiger partial charge in [0.2, 0.25) is 0 Å². The summed E-state index contributed by atoms with van der Waals surface area (Å²) in [6.45, 7) is 9.10. The van der Waals surface area contributed by atoms with Gasteiger partial charge in [-0.3, -0.25) is 0 Å². The third-order valence-electron chi connectivity index (χ3n) is 4.22. The number of nitrogens with zero attached hydrogens (tertiary/aromatic N) is 2. The minimum atomic E-state index is -3.46. The van der Waals surface area contributed by atoms with Crippen LogP contribution in [0.25, 0.3) is 0 Å². The highest BCUT2D eigenvalue weighted by Crippen LogP contribution is 2.26. The van der Waals surface area contributed by atoms with Crippen LogP contribution in [0.5, 0.6) is 0 Å². The van der Waals surface area contributed by atoms with Gasteiger partial charge in [0, 0.05) is 50.8 Å². The van der Waals surface area contributed by atoms with E-state index in [-0.39, 0.29) is 17.5 Å². The van der Waals surface area contributed by atoms with Crippen LogP contribution in [0.3, 0.4) is 0 Å². The summed E-state index contributed by atoms with van der Waals surface area (Å²) < 4.78 is 33.5. The Bertz CT molecular complexity index is 509. The van der Waals surface area contributed by atoms with Gasteiger partial charge in [0.15, 0.2) is 0 Å². The third-order valence-corrected chi connectivity index (χ3v) is 6.03. The summed E-state index contributed by atoms with van der Waals surface area (Å²) in [6, 6.07) is -0.275. The summed E-state index contributed by atoms with van der Waals surface area (Å²) in [7, 11) is -3.46. The van der Waals surface area contributed by atoms with Crippen LogP contribution in [-0.2, 0) is 14.9 Å². The van der Waals surface area contributed by atoms with E-state index in [4.69, 9.17) is 4.74 Å². The van der Waals surface area contributed by atoms with Crippen molar-refractivity contribution < 1.29 is 17.9 Å². The second-order valence-corrected chi connectivity index (χ2v) is 8.64. The van der Waals surface area contributed by atoms with E-state index in [9.17, 15) is 13.2 Å². The van der Waals surface area contributed by atoms with E-state index < -0.39 is 10.2 Å². The van der Waals surface area contributed by atoms with Crippen LogP contribution in [0.15, 0.2) is 0 Å². The molecule has 0 aromatic heterocycles. The molecule has 0 bridgehead atoms. The van der Waals surface area contributed by atoms with Crippen molar-refractivity contribution in [1.29, 1.82) is 0 Å². The Hall–Kier alpha value is -0.900. The molecule has 1 atom stereocenters. The van der Waals surface area contributed by atoms with Gasteiger partial charge in [-0.1, -0.05) is 6.92 Å². The molecule has 0 spiro atoms. The lowest BCUT2D eigenvalue weighted by molar-refractivity contribution is 0.149. The highest BCUT2D eigenvalue weighted by Gasteiger charge is 2.32. The smallest absolute Gasteiger partial charge is 0.317 e. The fourth-order valence-electron chi connectivity index (χ4n) is 2.75. The van der Waals surface area contributed by atoms with Crippen molar-refractivity contribution >= 4 is 16.2 Å². The fraction of sp³-hybridized carbons (Fsp3) is 0.929. The van der Waals surface area contributed by atoms with Gasteiger partial charge in [-0.05, 0) is 20.3 Å². The monoisotopic (exact) mass is 348 g/mol. The van der Waals surface area contributed by atoms with Gasteiger partial charge in [0.05, 0.1) is 6.61 Å². The molecular weight excluding hydrogens is 320 g/mol. The first-order valence-corrected chi connectivity index (χ1v) is 9.54. The molecular formula is C14H28N4O4S. The number of rotatable bonds is 5.